The Bertz CT molecular complexity index is 893. The van der Waals surface area contributed by atoms with Crippen molar-refractivity contribution in [2.75, 3.05) is 13.1 Å². The molecule has 0 amide bonds. The molecule has 6 nitrogen and oxygen atoms in total. The summed E-state index contributed by atoms with van der Waals surface area (Å²) in [5.41, 5.74) is 5.91. The van der Waals surface area contributed by atoms with Crippen molar-refractivity contribution in [3.8, 4) is 11.1 Å². The van der Waals surface area contributed by atoms with Crippen molar-refractivity contribution < 1.29 is 0 Å². The van der Waals surface area contributed by atoms with Crippen LogP contribution in [0.1, 0.15) is 35.8 Å². The number of hydrogen-bond acceptors (Lipinski definition) is 4. The molecule has 0 spiro atoms. The van der Waals surface area contributed by atoms with Crippen molar-refractivity contribution in [1.82, 2.24) is 29.4 Å². The van der Waals surface area contributed by atoms with Crippen LogP contribution >= 0.6 is 0 Å². The Morgan fingerprint density at radius 2 is 2.04 bits per heavy atom. The van der Waals surface area contributed by atoms with Gasteiger partial charge in [-0.05, 0) is 50.1 Å². The van der Waals surface area contributed by atoms with Gasteiger partial charge < -0.3 is 0 Å². The average molecular weight is 350 g/mol. The van der Waals surface area contributed by atoms with Gasteiger partial charge in [0.2, 0.25) is 0 Å². The van der Waals surface area contributed by atoms with Crippen LogP contribution in [0.15, 0.2) is 36.8 Å². The molecule has 1 aliphatic heterocycles. The maximum absolute atomic E-state index is 4.87. The summed E-state index contributed by atoms with van der Waals surface area (Å²) in [6, 6.07) is 6.51. The van der Waals surface area contributed by atoms with Crippen LogP contribution in [0.25, 0.3) is 11.1 Å². The molecule has 0 unspecified atom stereocenters. The third-order valence-corrected chi connectivity index (χ3v) is 5.24. The van der Waals surface area contributed by atoms with Crippen molar-refractivity contribution >= 4 is 0 Å². The third-order valence-electron chi connectivity index (χ3n) is 5.24. The lowest BCUT2D eigenvalue weighted by Gasteiger charge is -2.32. The zero-order chi connectivity index (χ0) is 18.1. The van der Waals surface area contributed by atoms with Crippen LogP contribution in [-0.2, 0) is 20.6 Å². The first kappa shape index (κ1) is 17.0. The molecule has 0 N–H and O–H groups in total. The van der Waals surface area contributed by atoms with E-state index in [4.69, 9.17) is 4.98 Å². The van der Waals surface area contributed by atoms with E-state index in [1.54, 1.807) is 0 Å². The molecule has 136 valence electrons. The molecule has 0 radical (unpaired) electrons. The number of aryl methyl sites for hydroxylation is 3. The van der Waals surface area contributed by atoms with E-state index in [9.17, 15) is 0 Å². The molecular weight excluding hydrogens is 324 g/mol. The van der Waals surface area contributed by atoms with E-state index >= 15 is 0 Å². The highest BCUT2D eigenvalue weighted by molar-refractivity contribution is 5.62. The molecule has 4 heterocycles. The maximum Gasteiger partial charge on any atom is 0.0568 e. The first-order valence-corrected chi connectivity index (χ1v) is 9.25. The van der Waals surface area contributed by atoms with Gasteiger partial charge in [-0.1, -0.05) is 0 Å². The lowest BCUT2D eigenvalue weighted by molar-refractivity contribution is 0.194. The number of nitrogens with zero attached hydrogens (tertiary/aromatic N) is 6. The molecule has 1 atom stereocenters. The standard InChI is InChI=1S/C20H26N6/c1-15-9-17(18-11-22-24(2)12-18)10-20(23-15)16-5-4-8-26(13-16)14-19-6-7-21-25(19)3/h6-7,9-12,16H,4-5,8,13-14H2,1-3H3/t16-/m0/s1. The van der Waals surface area contributed by atoms with E-state index in [0.29, 0.717) is 5.92 Å². The summed E-state index contributed by atoms with van der Waals surface area (Å²) in [5, 5.41) is 8.59. The van der Waals surface area contributed by atoms with Crippen molar-refractivity contribution in [3.63, 3.8) is 0 Å². The lowest BCUT2D eigenvalue weighted by Crippen LogP contribution is -2.34. The number of piperidine rings is 1. The lowest BCUT2D eigenvalue weighted by atomic mass is 9.92. The third kappa shape index (κ3) is 3.55. The topological polar surface area (TPSA) is 51.8 Å². The SMILES string of the molecule is Cc1cc(-c2cnn(C)c2)cc([C@H]2CCCN(Cc3ccnn3C)C2)n1. The van der Waals surface area contributed by atoms with Crippen LogP contribution in [0.5, 0.6) is 0 Å². The van der Waals surface area contributed by atoms with E-state index in [2.05, 4.69) is 46.4 Å². The Morgan fingerprint density at radius 3 is 2.77 bits per heavy atom. The zero-order valence-electron chi connectivity index (χ0n) is 15.8. The summed E-state index contributed by atoms with van der Waals surface area (Å²) in [4.78, 5) is 7.39. The fraction of sp³-hybridized carbons (Fsp3) is 0.450. The van der Waals surface area contributed by atoms with E-state index in [1.807, 2.05) is 35.9 Å². The second-order valence-electron chi connectivity index (χ2n) is 7.35. The quantitative estimate of drug-likeness (QED) is 0.726. The normalized spacial score (nSPS) is 18.3. The first-order valence-electron chi connectivity index (χ1n) is 9.25. The predicted octanol–water partition coefficient (Wildman–Crippen LogP) is 2.90. The fourth-order valence-corrected chi connectivity index (χ4v) is 3.87. The smallest absolute Gasteiger partial charge is 0.0568 e. The highest BCUT2D eigenvalue weighted by atomic mass is 15.3. The van der Waals surface area contributed by atoms with Crippen molar-refractivity contribution in [1.29, 1.82) is 0 Å². The van der Waals surface area contributed by atoms with Gasteiger partial charge in [-0.2, -0.15) is 10.2 Å². The van der Waals surface area contributed by atoms with Gasteiger partial charge in [0.1, 0.15) is 0 Å². The Hall–Kier alpha value is -2.47. The molecule has 3 aromatic heterocycles. The van der Waals surface area contributed by atoms with Crippen LogP contribution in [0.2, 0.25) is 0 Å². The molecule has 6 heteroatoms. The van der Waals surface area contributed by atoms with E-state index in [1.165, 1.54) is 29.8 Å². The predicted molar refractivity (Wildman–Crippen MR) is 102 cm³/mol. The summed E-state index contributed by atoms with van der Waals surface area (Å²) >= 11 is 0. The van der Waals surface area contributed by atoms with Crippen molar-refractivity contribution in [2.45, 2.75) is 32.2 Å². The van der Waals surface area contributed by atoms with Crippen LogP contribution in [0, 0.1) is 6.92 Å². The molecule has 0 bridgehead atoms. The molecule has 1 fully saturated rings. The van der Waals surface area contributed by atoms with Gasteiger partial charge in [0.05, 0.1) is 11.9 Å². The Kier molecular flexibility index (Phi) is 4.59. The van der Waals surface area contributed by atoms with E-state index < -0.39 is 0 Å². The summed E-state index contributed by atoms with van der Waals surface area (Å²) in [6.45, 7) is 5.23. The van der Waals surface area contributed by atoms with Crippen molar-refractivity contribution in [2.24, 2.45) is 14.1 Å². The van der Waals surface area contributed by atoms with Gasteiger partial charge in [-0.25, -0.2) is 0 Å². The second-order valence-corrected chi connectivity index (χ2v) is 7.35. The van der Waals surface area contributed by atoms with Crippen LogP contribution in [-0.4, -0.2) is 42.5 Å². The molecule has 1 saturated heterocycles. The van der Waals surface area contributed by atoms with Crippen LogP contribution < -0.4 is 0 Å². The van der Waals surface area contributed by atoms with Gasteiger partial charge in [0.25, 0.3) is 0 Å². The minimum absolute atomic E-state index is 0.479. The molecule has 1 aliphatic rings. The van der Waals surface area contributed by atoms with Crippen LogP contribution in [0.3, 0.4) is 0 Å². The first-order chi connectivity index (χ1) is 12.6. The molecule has 0 aliphatic carbocycles. The number of aromatic nitrogens is 5. The fourth-order valence-electron chi connectivity index (χ4n) is 3.87. The Balaban J connectivity index is 1.55. The Labute approximate surface area is 154 Å². The number of pyridine rings is 1. The monoisotopic (exact) mass is 350 g/mol. The van der Waals surface area contributed by atoms with Gasteiger partial charge >= 0.3 is 0 Å². The van der Waals surface area contributed by atoms with Crippen molar-refractivity contribution in [3.05, 3.63) is 53.9 Å². The number of likely N-dealkylation sites (tertiary alicyclic amines) is 1. The summed E-state index contributed by atoms with van der Waals surface area (Å²) in [6.07, 6.45) is 8.27. The number of rotatable bonds is 4. The van der Waals surface area contributed by atoms with Gasteiger partial charge in [0, 0.05) is 62.4 Å². The highest BCUT2D eigenvalue weighted by Gasteiger charge is 2.23. The molecular formula is C20H26N6. The van der Waals surface area contributed by atoms with E-state index in [-0.39, 0.29) is 0 Å². The van der Waals surface area contributed by atoms with Gasteiger partial charge in [0.15, 0.2) is 0 Å². The second kappa shape index (κ2) is 7.03. The molecule has 0 saturated carbocycles. The summed E-state index contributed by atoms with van der Waals surface area (Å²) in [7, 11) is 3.97. The highest BCUT2D eigenvalue weighted by Crippen LogP contribution is 2.30. The molecule has 26 heavy (non-hydrogen) atoms. The molecule has 3 aromatic rings. The largest absolute Gasteiger partial charge is 0.297 e. The van der Waals surface area contributed by atoms with E-state index in [0.717, 1.165) is 30.9 Å². The summed E-state index contributed by atoms with van der Waals surface area (Å²) < 4.78 is 3.82. The minimum atomic E-state index is 0.479. The maximum atomic E-state index is 4.87. The van der Waals surface area contributed by atoms with Gasteiger partial charge in [-0.3, -0.25) is 19.2 Å². The zero-order valence-corrected chi connectivity index (χ0v) is 15.8. The average Bonchev–Trinajstić information content (AvgIpc) is 3.23. The molecule has 0 aromatic carbocycles. The number of hydrogen-bond donors (Lipinski definition) is 0. The summed E-state index contributed by atoms with van der Waals surface area (Å²) in [5.74, 6) is 0.479. The Morgan fingerprint density at radius 1 is 1.15 bits per heavy atom. The van der Waals surface area contributed by atoms with Gasteiger partial charge in [-0.15, -0.1) is 0 Å². The molecule has 4 rings (SSSR count). The van der Waals surface area contributed by atoms with Crippen LogP contribution in [0.4, 0.5) is 0 Å². The minimum Gasteiger partial charge on any atom is -0.297 e.